The summed E-state index contributed by atoms with van der Waals surface area (Å²) in [4.78, 5) is 33.8. The third-order valence-electron chi connectivity index (χ3n) is 8.11. The lowest BCUT2D eigenvalue weighted by Crippen LogP contribution is -2.66. The van der Waals surface area contributed by atoms with Gasteiger partial charge in [0.15, 0.2) is 5.54 Å². The Balaban J connectivity index is 1.25. The van der Waals surface area contributed by atoms with Crippen LogP contribution in [0.2, 0.25) is 0 Å². The Morgan fingerprint density at radius 1 is 1.00 bits per heavy atom. The Morgan fingerprint density at radius 3 is 2.10 bits per heavy atom. The number of carbonyl (C=O) groups is 2. The van der Waals surface area contributed by atoms with E-state index >= 15 is 0 Å². The number of sulfonamides is 1. The van der Waals surface area contributed by atoms with Crippen molar-refractivity contribution >= 4 is 27.9 Å². The van der Waals surface area contributed by atoms with E-state index in [0.29, 0.717) is 31.9 Å². The number of hydrogen-bond donors (Lipinski definition) is 0. The van der Waals surface area contributed by atoms with Crippen molar-refractivity contribution in [2.45, 2.75) is 12.0 Å². The van der Waals surface area contributed by atoms with Gasteiger partial charge in [-0.1, -0.05) is 48.5 Å². The number of carbonyl (C=O) groups excluding carboxylic acids is 2. The molecule has 41 heavy (non-hydrogen) atoms. The van der Waals surface area contributed by atoms with E-state index in [2.05, 4.69) is 29.4 Å². The molecule has 0 unspecified atom stereocenters. The highest BCUT2D eigenvalue weighted by Gasteiger charge is 2.58. The summed E-state index contributed by atoms with van der Waals surface area (Å²) in [5.41, 5.74) is 3.97. The van der Waals surface area contributed by atoms with Crippen LogP contribution in [0, 0.1) is 5.92 Å². The number of rotatable bonds is 6. The molecule has 214 valence electrons. The van der Waals surface area contributed by atoms with E-state index in [1.807, 2.05) is 43.7 Å². The van der Waals surface area contributed by atoms with Gasteiger partial charge < -0.3 is 9.64 Å². The maximum Gasteiger partial charge on any atom is 0.409 e. The lowest BCUT2D eigenvalue weighted by Gasteiger charge is -2.43. The van der Waals surface area contributed by atoms with Gasteiger partial charge in [0.05, 0.1) is 32.7 Å². The third kappa shape index (κ3) is 5.02. The molecule has 11 nitrogen and oxygen atoms in total. The van der Waals surface area contributed by atoms with Crippen molar-refractivity contribution in [1.82, 2.24) is 23.9 Å². The molecule has 3 aliphatic rings. The van der Waals surface area contributed by atoms with Crippen LogP contribution in [0.1, 0.15) is 12.0 Å². The summed E-state index contributed by atoms with van der Waals surface area (Å²) in [6, 6.07) is 16.2. The predicted molar refractivity (Wildman–Crippen MR) is 154 cm³/mol. The van der Waals surface area contributed by atoms with Gasteiger partial charge in [-0.2, -0.15) is 5.10 Å². The van der Waals surface area contributed by atoms with Crippen LogP contribution in [0.3, 0.4) is 0 Å². The molecule has 1 aromatic heterocycles. The van der Waals surface area contributed by atoms with Crippen molar-refractivity contribution < 1.29 is 22.7 Å². The Morgan fingerprint density at radius 2 is 1.59 bits per heavy atom. The highest BCUT2D eigenvalue weighted by Crippen LogP contribution is 2.36. The van der Waals surface area contributed by atoms with Crippen LogP contribution in [0.4, 0.5) is 4.79 Å². The Hall–Kier alpha value is -4.03. The molecule has 3 aliphatic heterocycles. The van der Waals surface area contributed by atoms with Crippen molar-refractivity contribution in [3.63, 3.8) is 0 Å². The van der Waals surface area contributed by atoms with Gasteiger partial charge in [0.2, 0.25) is 10.0 Å². The second-order valence-electron chi connectivity index (χ2n) is 11.0. The first-order valence-electron chi connectivity index (χ1n) is 13.5. The number of methoxy groups -OCH3 is 1. The number of amidine groups is 1. The minimum absolute atomic E-state index is 0.0107. The summed E-state index contributed by atoms with van der Waals surface area (Å²) in [6.45, 7) is 1.47. The number of aliphatic imine (C=N–C) groups is 1. The Bertz CT molecular complexity index is 1620. The molecule has 2 saturated heterocycles. The maximum absolute atomic E-state index is 13.7. The first-order chi connectivity index (χ1) is 19.6. The van der Waals surface area contributed by atoms with Crippen molar-refractivity contribution in [2.24, 2.45) is 18.0 Å². The normalized spacial score (nSPS) is 20.4. The molecular formula is C29H32N6O5S. The van der Waals surface area contributed by atoms with Crippen LogP contribution < -0.4 is 0 Å². The zero-order chi connectivity index (χ0) is 28.9. The van der Waals surface area contributed by atoms with E-state index in [-0.39, 0.29) is 24.9 Å². The molecule has 0 radical (unpaired) electrons. The highest BCUT2D eigenvalue weighted by atomic mass is 32.2. The van der Waals surface area contributed by atoms with Gasteiger partial charge in [-0.15, -0.1) is 0 Å². The minimum atomic E-state index is -3.30. The minimum Gasteiger partial charge on any atom is -0.453 e. The second kappa shape index (κ2) is 10.1. The van der Waals surface area contributed by atoms with E-state index in [1.54, 1.807) is 9.58 Å². The molecule has 2 aromatic carbocycles. The Kier molecular flexibility index (Phi) is 6.69. The van der Waals surface area contributed by atoms with Crippen LogP contribution in [0.15, 0.2) is 65.9 Å². The standard InChI is InChI=1S/C29H32N6O5S/c1-32-17-25(14-30-32)23-6-4-21(5-7-23)22-8-10-24(11-9-22)26-31-29(18-33(19-29)28(37)40-2)27(36)35(26)16-20-12-13-34(15-20)41(3,38)39/h4-11,14,17,20H,12-13,15-16,18-19H2,1-3H3/t20-/m1/s1. The topological polar surface area (TPSA) is 117 Å². The van der Waals surface area contributed by atoms with Crippen LogP contribution in [0.25, 0.3) is 22.3 Å². The van der Waals surface area contributed by atoms with Gasteiger partial charge in [-0.05, 0) is 29.0 Å². The molecule has 0 bridgehead atoms. The highest BCUT2D eigenvalue weighted by molar-refractivity contribution is 7.88. The van der Waals surface area contributed by atoms with Crippen LogP contribution in [-0.4, -0.2) is 102 Å². The molecule has 12 heteroatoms. The number of ether oxygens (including phenoxy) is 1. The molecule has 4 heterocycles. The zero-order valence-corrected chi connectivity index (χ0v) is 24.0. The van der Waals surface area contributed by atoms with E-state index < -0.39 is 21.7 Å². The quantitative estimate of drug-likeness (QED) is 0.445. The maximum atomic E-state index is 13.7. The third-order valence-corrected chi connectivity index (χ3v) is 9.38. The monoisotopic (exact) mass is 576 g/mol. The molecule has 0 saturated carbocycles. The van der Waals surface area contributed by atoms with Gasteiger partial charge in [-0.25, -0.2) is 22.5 Å². The largest absolute Gasteiger partial charge is 0.453 e. The zero-order valence-electron chi connectivity index (χ0n) is 23.2. The number of aromatic nitrogens is 2. The molecule has 1 spiro atoms. The number of benzene rings is 2. The SMILES string of the molecule is COC(=O)N1CC2(C1)N=C(c1ccc(-c3ccc(-c4cnn(C)c4)cc3)cc1)N(C[C@@H]1CCN(S(C)(=O)=O)C1)C2=O. The number of nitrogens with zero attached hydrogens (tertiary/aromatic N) is 6. The first-order valence-corrected chi connectivity index (χ1v) is 15.3. The van der Waals surface area contributed by atoms with Crippen LogP contribution >= 0.6 is 0 Å². The predicted octanol–water partition coefficient (Wildman–Crippen LogP) is 2.45. The van der Waals surface area contributed by atoms with E-state index in [1.165, 1.54) is 22.6 Å². The summed E-state index contributed by atoms with van der Waals surface area (Å²) < 4.78 is 32.2. The molecule has 1 atom stereocenters. The summed E-state index contributed by atoms with van der Waals surface area (Å²) in [7, 11) is -0.0921. The fourth-order valence-corrected chi connectivity index (χ4v) is 6.76. The summed E-state index contributed by atoms with van der Waals surface area (Å²) in [5.74, 6) is 0.375. The van der Waals surface area contributed by atoms with Crippen molar-refractivity contribution in [3.05, 3.63) is 66.5 Å². The fraction of sp³-hybridized carbons (Fsp3) is 0.379. The molecule has 3 aromatic rings. The van der Waals surface area contributed by atoms with Gasteiger partial charge >= 0.3 is 6.09 Å². The van der Waals surface area contributed by atoms with Gasteiger partial charge in [0, 0.05) is 44.0 Å². The average Bonchev–Trinajstić information content (AvgIpc) is 3.66. The summed E-state index contributed by atoms with van der Waals surface area (Å²) in [5, 5.41) is 4.24. The average molecular weight is 577 g/mol. The summed E-state index contributed by atoms with van der Waals surface area (Å²) in [6.07, 6.45) is 5.20. The smallest absolute Gasteiger partial charge is 0.409 e. The van der Waals surface area contributed by atoms with E-state index in [4.69, 9.17) is 9.73 Å². The van der Waals surface area contributed by atoms with Gasteiger partial charge in [0.25, 0.3) is 5.91 Å². The molecule has 6 rings (SSSR count). The first kappa shape index (κ1) is 27.2. The molecule has 2 fully saturated rings. The van der Waals surface area contributed by atoms with Crippen molar-refractivity contribution in [3.8, 4) is 22.3 Å². The fourth-order valence-electron chi connectivity index (χ4n) is 5.84. The lowest BCUT2D eigenvalue weighted by molar-refractivity contribution is -0.136. The van der Waals surface area contributed by atoms with Gasteiger partial charge in [-0.3, -0.25) is 14.4 Å². The summed E-state index contributed by atoms with van der Waals surface area (Å²) >= 11 is 0. The molecule has 0 aliphatic carbocycles. The van der Waals surface area contributed by atoms with E-state index in [9.17, 15) is 18.0 Å². The Labute approximate surface area is 239 Å². The number of likely N-dealkylation sites (tertiary alicyclic amines) is 1. The van der Waals surface area contributed by atoms with E-state index in [0.717, 1.165) is 27.8 Å². The second-order valence-corrected chi connectivity index (χ2v) is 13.0. The number of aryl methyl sites for hydroxylation is 1. The van der Waals surface area contributed by atoms with Crippen LogP contribution in [-0.2, 0) is 26.6 Å². The van der Waals surface area contributed by atoms with Gasteiger partial charge in [0.1, 0.15) is 5.84 Å². The molecule has 2 amide bonds. The van der Waals surface area contributed by atoms with Crippen molar-refractivity contribution in [1.29, 1.82) is 0 Å². The number of amides is 2. The lowest BCUT2D eigenvalue weighted by atomic mass is 9.90. The van der Waals surface area contributed by atoms with Crippen LogP contribution in [0.5, 0.6) is 0 Å². The molecular weight excluding hydrogens is 544 g/mol. The molecule has 0 N–H and O–H groups in total. The van der Waals surface area contributed by atoms with Crippen molar-refractivity contribution in [2.75, 3.05) is 46.1 Å². The number of hydrogen-bond acceptors (Lipinski definition) is 7.